The third-order valence-electron chi connectivity index (χ3n) is 7.42. The molecule has 0 aromatic carbocycles. The molecule has 0 saturated carbocycles. The Labute approximate surface area is 303 Å². The van der Waals surface area contributed by atoms with Crippen molar-refractivity contribution < 1.29 is 79.1 Å². The van der Waals surface area contributed by atoms with Gasteiger partial charge >= 0.3 is 49.4 Å². The van der Waals surface area contributed by atoms with Gasteiger partial charge in [0.1, 0.15) is 0 Å². The number of hydrogen-bond acceptors (Lipinski definition) is 13. The molecule has 1 aliphatic heterocycles. The second-order valence-corrected chi connectivity index (χ2v) is 10.8. The number of carbonyl (C=O) groups excluding carboxylic acids is 3. The van der Waals surface area contributed by atoms with Gasteiger partial charge in [-0.05, 0) is 55.8 Å². The van der Waals surface area contributed by atoms with Gasteiger partial charge in [0.05, 0.1) is 52.1 Å². The molecule has 2 N–H and O–H groups in total. The summed E-state index contributed by atoms with van der Waals surface area (Å²) in [5, 5.41) is 35.7. The van der Waals surface area contributed by atoms with Crippen molar-refractivity contribution in [3.05, 3.63) is 66.0 Å². The quantitative estimate of drug-likeness (QED) is 0.221. The molecule has 4 heterocycles. The first kappa shape index (κ1) is 36.7. The summed E-state index contributed by atoms with van der Waals surface area (Å²) in [6.45, 7) is 0.654. The van der Waals surface area contributed by atoms with E-state index in [4.69, 9.17) is 20.7 Å². The van der Waals surface area contributed by atoms with Crippen LogP contribution in [0.15, 0.2) is 54.6 Å². The predicted octanol–water partition coefficient (Wildman–Crippen LogP) is -2.13. The fourth-order valence-corrected chi connectivity index (χ4v) is 5.29. The van der Waals surface area contributed by atoms with Gasteiger partial charge in [-0.1, -0.05) is 24.6 Å². The fraction of sp³-hybridized carbons (Fsp3) is 0.419. The first-order valence-corrected chi connectivity index (χ1v) is 14.6. The molecule has 13 nitrogen and oxygen atoms in total. The molecular formula is C31H36EuN7O6. The number of rotatable bonds is 10. The van der Waals surface area contributed by atoms with Crippen LogP contribution in [0.1, 0.15) is 30.7 Å². The number of pyridine rings is 3. The van der Waals surface area contributed by atoms with Gasteiger partial charge in [-0.15, -0.1) is 0 Å². The van der Waals surface area contributed by atoms with Gasteiger partial charge in [-0.2, -0.15) is 0 Å². The Bertz CT molecular complexity index is 1360. The monoisotopic (exact) mass is 755 g/mol. The Hall–Kier alpha value is -2.72. The van der Waals surface area contributed by atoms with Crippen molar-refractivity contribution in [1.82, 2.24) is 29.7 Å². The summed E-state index contributed by atoms with van der Waals surface area (Å²) in [5.74, 6) is -3.82. The number of hydrogen-bond donors (Lipinski definition) is 1. The Morgan fingerprint density at radius 1 is 0.689 bits per heavy atom. The largest absolute Gasteiger partial charge is 3.00 e. The number of nitrogens with zero attached hydrogens (tertiary/aromatic N) is 6. The normalized spacial score (nSPS) is 15.7. The van der Waals surface area contributed by atoms with Crippen LogP contribution < -0.4 is 21.1 Å². The topological polar surface area (TPSA) is 195 Å². The molecule has 0 amide bonds. The minimum atomic E-state index is -1.28. The van der Waals surface area contributed by atoms with Gasteiger partial charge in [0.25, 0.3) is 0 Å². The third kappa shape index (κ3) is 11.5. The summed E-state index contributed by atoms with van der Waals surface area (Å²) in [6.07, 6.45) is 1.46. The van der Waals surface area contributed by atoms with E-state index < -0.39 is 37.0 Å². The van der Waals surface area contributed by atoms with Crippen LogP contribution >= 0.6 is 0 Å². The molecule has 0 aliphatic carbocycles. The van der Waals surface area contributed by atoms with Crippen LogP contribution in [0, 0.1) is 49.4 Å². The molecule has 4 rings (SSSR count). The van der Waals surface area contributed by atoms with Crippen LogP contribution in [-0.4, -0.2) is 99.4 Å². The number of carboxylic acids is 3. The second-order valence-electron chi connectivity index (χ2n) is 10.8. The Morgan fingerprint density at radius 3 is 1.56 bits per heavy atom. The summed E-state index contributed by atoms with van der Waals surface area (Å²) in [4.78, 5) is 54.8. The van der Waals surface area contributed by atoms with Crippen molar-refractivity contribution in [3.63, 3.8) is 0 Å². The number of carboxylic acid groups (broad SMARTS) is 3. The van der Waals surface area contributed by atoms with Crippen molar-refractivity contribution in [2.75, 3.05) is 45.8 Å². The molecule has 238 valence electrons. The maximum Gasteiger partial charge on any atom is 3.00 e. The van der Waals surface area contributed by atoms with E-state index in [1.54, 1.807) is 26.8 Å². The molecule has 1 aliphatic rings. The van der Waals surface area contributed by atoms with E-state index >= 15 is 0 Å². The van der Waals surface area contributed by atoms with Crippen LogP contribution in [0.4, 0.5) is 0 Å². The molecule has 3 aromatic heterocycles. The van der Waals surface area contributed by atoms with E-state index in [0.717, 1.165) is 0 Å². The van der Waals surface area contributed by atoms with E-state index in [9.17, 15) is 29.7 Å². The Kier molecular flexibility index (Phi) is 15.1. The van der Waals surface area contributed by atoms with E-state index in [1.807, 2.05) is 42.5 Å². The molecule has 6 bridgehead atoms. The van der Waals surface area contributed by atoms with Gasteiger partial charge in [0, 0.05) is 58.4 Å². The van der Waals surface area contributed by atoms with Crippen molar-refractivity contribution in [3.8, 4) is 22.8 Å². The number of nitrogens with two attached hydrogens (primary N) is 1. The van der Waals surface area contributed by atoms with Gasteiger partial charge in [0.15, 0.2) is 0 Å². The first-order chi connectivity index (χ1) is 21.2. The standard InChI is InChI=1S/C31H39N7O6.Eu/c32-13-2-1-12-28(31(43)44)38-16-14-36(20-29(39)40)18-22-6-3-8-24(33-22)26-10-5-11-27(35-26)25-9-4-7-23(34-25)19-37(15-17-38)21-30(41)42;/h3-11,28H,1-2,12-21,32H2,(H,39,40)(H,41,42)(H,43,44);/q;+3/p-3/t28-;/m0./s1. The molecule has 0 spiro atoms. The van der Waals surface area contributed by atoms with Crippen LogP contribution in [0.2, 0.25) is 0 Å². The van der Waals surface area contributed by atoms with Gasteiger partial charge in [-0.25, -0.2) is 15.0 Å². The molecule has 14 heteroatoms. The van der Waals surface area contributed by atoms with E-state index in [0.29, 0.717) is 53.5 Å². The summed E-state index contributed by atoms with van der Waals surface area (Å²) in [7, 11) is 0. The van der Waals surface area contributed by atoms with E-state index in [-0.39, 0.29) is 95.1 Å². The van der Waals surface area contributed by atoms with Gasteiger partial charge in [0.2, 0.25) is 0 Å². The summed E-state index contributed by atoms with van der Waals surface area (Å²) >= 11 is 0. The summed E-state index contributed by atoms with van der Waals surface area (Å²) < 4.78 is 0. The Balaban J connectivity index is 0.00000552. The predicted molar refractivity (Wildman–Crippen MR) is 155 cm³/mol. The zero-order chi connectivity index (χ0) is 31.5. The van der Waals surface area contributed by atoms with Crippen molar-refractivity contribution in [2.45, 2.75) is 38.4 Å². The van der Waals surface area contributed by atoms with Crippen LogP contribution in [0.25, 0.3) is 22.8 Å². The molecule has 1 atom stereocenters. The summed E-state index contributed by atoms with van der Waals surface area (Å²) in [5.41, 5.74) is 9.21. The minimum Gasteiger partial charge on any atom is -0.549 e. The van der Waals surface area contributed by atoms with Crippen molar-refractivity contribution in [2.24, 2.45) is 5.73 Å². The Morgan fingerprint density at radius 2 is 1.13 bits per heavy atom. The van der Waals surface area contributed by atoms with Crippen LogP contribution in [0.5, 0.6) is 0 Å². The van der Waals surface area contributed by atoms with E-state index in [2.05, 4.69) is 0 Å². The van der Waals surface area contributed by atoms with Gasteiger partial charge < -0.3 is 35.4 Å². The average molecular weight is 755 g/mol. The number of carbonyl (C=O) groups is 3. The smallest absolute Gasteiger partial charge is 0.549 e. The zero-order valence-corrected chi connectivity index (χ0v) is 27.3. The molecule has 0 unspecified atom stereocenters. The molecular weight excluding hydrogens is 718 g/mol. The third-order valence-corrected chi connectivity index (χ3v) is 7.42. The molecule has 0 fully saturated rings. The fourth-order valence-electron chi connectivity index (χ4n) is 5.29. The molecule has 45 heavy (non-hydrogen) atoms. The van der Waals surface area contributed by atoms with E-state index in [1.165, 1.54) is 0 Å². The zero-order valence-electron chi connectivity index (χ0n) is 24.8. The average Bonchev–Trinajstić information content (AvgIpc) is 2.99. The van der Waals surface area contributed by atoms with Crippen LogP contribution in [0.3, 0.4) is 0 Å². The molecule has 3 aromatic rings. The first-order valence-electron chi connectivity index (χ1n) is 14.6. The van der Waals surface area contributed by atoms with Crippen molar-refractivity contribution in [1.29, 1.82) is 0 Å². The number of aliphatic carboxylic acids is 3. The second kappa shape index (κ2) is 18.4. The number of unbranched alkanes of at least 4 members (excludes halogenated alkanes) is 1. The molecule has 0 radical (unpaired) electrons. The molecule has 0 saturated heterocycles. The number of fused-ring (bicyclic) bond motifs is 8. The van der Waals surface area contributed by atoms with Crippen molar-refractivity contribution >= 4 is 17.9 Å². The summed E-state index contributed by atoms with van der Waals surface area (Å²) in [6, 6.07) is 15.3. The van der Waals surface area contributed by atoms with Crippen LogP contribution in [-0.2, 0) is 27.5 Å². The maximum atomic E-state index is 12.3. The minimum absolute atomic E-state index is 0. The maximum absolute atomic E-state index is 12.3. The van der Waals surface area contributed by atoms with Gasteiger partial charge in [-0.3, -0.25) is 14.7 Å². The SMILES string of the molecule is NCCCC[C@@H](C(=O)[O-])N1CCN(CC(=O)[O-])Cc2cccc(n2)-c2cccc(n2)-c2cccc(n2)CN(CC(=O)[O-])CC1.[Eu+3]. The number of aromatic nitrogens is 3.